The highest BCUT2D eigenvalue weighted by molar-refractivity contribution is 8.13. The van der Waals surface area contributed by atoms with Gasteiger partial charge in [0.05, 0.1) is 0 Å². The molecule has 0 amide bonds. The number of nitrogens with one attached hydrogen (secondary N) is 2. The normalized spacial score (nSPS) is 10.5. The third-order valence-corrected chi connectivity index (χ3v) is 4.59. The summed E-state index contributed by atoms with van der Waals surface area (Å²) in [7, 11) is 0.985. The Bertz CT molecular complexity index is 823. The Morgan fingerprint density at radius 2 is 1.88 bits per heavy atom. The van der Waals surface area contributed by atoms with E-state index < -0.39 is 19.8 Å². The molecule has 0 aliphatic rings. The van der Waals surface area contributed by atoms with Gasteiger partial charge in [-0.05, 0) is 30.2 Å². The van der Waals surface area contributed by atoms with Crippen molar-refractivity contribution in [2.24, 2.45) is 0 Å². The summed E-state index contributed by atoms with van der Waals surface area (Å²) in [6.07, 6.45) is 0.950. The molecule has 0 atom stereocenters. The van der Waals surface area contributed by atoms with E-state index >= 15 is 0 Å². The molecule has 0 saturated carbocycles. The highest BCUT2D eigenvalue weighted by Gasteiger charge is 2.18. The van der Waals surface area contributed by atoms with Crippen molar-refractivity contribution in [2.75, 3.05) is 5.32 Å². The van der Waals surface area contributed by atoms with Crippen molar-refractivity contribution in [3.05, 3.63) is 58.9 Å². The molecule has 0 fully saturated rings. The summed E-state index contributed by atoms with van der Waals surface area (Å²) in [5, 5.41) is 10.4. The van der Waals surface area contributed by atoms with Crippen LogP contribution in [0.3, 0.4) is 0 Å². The molecule has 0 saturated heterocycles. The van der Waals surface area contributed by atoms with Crippen molar-refractivity contribution in [3.8, 4) is 0 Å². The Hall–Kier alpha value is -1.92. The monoisotopic (exact) mass is 370 g/mol. The molecule has 4 nitrogen and oxygen atoms in total. The van der Waals surface area contributed by atoms with Gasteiger partial charge in [-0.25, -0.2) is 12.8 Å². The van der Waals surface area contributed by atoms with Crippen molar-refractivity contribution in [3.63, 3.8) is 0 Å². The maximum absolute atomic E-state index is 13.9. The van der Waals surface area contributed by atoms with Crippen LogP contribution in [0.5, 0.6) is 0 Å². The minimum absolute atomic E-state index is 0.245. The average molecular weight is 371 g/mol. The van der Waals surface area contributed by atoms with Crippen molar-refractivity contribution >= 4 is 31.6 Å². The second-order valence-corrected chi connectivity index (χ2v) is 7.27. The summed E-state index contributed by atoms with van der Waals surface area (Å²) in [4.78, 5) is -0.630. The van der Waals surface area contributed by atoms with Gasteiger partial charge in [-0.15, -0.1) is 0 Å². The fourth-order valence-corrected chi connectivity index (χ4v) is 2.94. The molecule has 0 heterocycles. The van der Waals surface area contributed by atoms with Crippen LogP contribution in [0.25, 0.3) is 0 Å². The molecular weight excluding hydrogens is 351 g/mol. The molecule has 0 unspecified atom stereocenters. The number of aryl methyl sites for hydroxylation is 1. The van der Waals surface area contributed by atoms with Crippen LogP contribution in [0.15, 0.2) is 41.3 Å². The quantitative estimate of drug-likeness (QED) is 0.592. The Morgan fingerprint density at radius 3 is 2.42 bits per heavy atom. The Kier molecular flexibility index (Phi) is 7.38. The molecule has 2 aromatic carbocycles. The molecule has 0 radical (unpaired) electrons. The standard InChI is InChI=1S/C15H14ClFN2O2S.C2H6/c1-10-4-2-3-5-11(10)9-19-14-7-13(17)15(22(16,20)21)6-12(14)8-18;1-2/h2-8,18-19H,9H2,1H3;1-2H3. The molecule has 2 N–H and O–H groups in total. The Morgan fingerprint density at radius 1 is 1.25 bits per heavy atom. The zero-order chi connectivity index (χ0) is 18.3. The van der Waals surface area contributed by atoms with E-state index in [1.54, 1.807) is 0 Å². The summed E-state index contributed by atoms with van der Waals surface area (Å²) >= 11 is 0. The highest BCUT2D eigenvalue weighted by Crippen LogP contribution is 2.26. The minimum Gasteiger partial charge on any atom is -0.380 e. The molecule has 2 aromatic rings. The zero-order valence-corrected chi connectivity index (χ0v) is 15.3. The topological polar surface area (TPSA) is 70.0 Å². The SMILES string of the molecule is CC.Cc1ccccc1CNc1cc(F)c(S(=O)(=O)Cl)cc1C=N. The van der Waals surface area contributed by atoms with Gasteiger partial charge < -0.3 is 10.7 Å². The molecule has 2 rings (SSSR count). The third kappa shape index (κ3) is 5.04. The molecule has 130 valence electrons. The number of hydrogen-bond donors (Lipinski definition) is 2. The number of anilines is 1. The fraction of sp³-hybridized carbons (Fsp3) is 0.235. The average Bonchev–Trinajstić information content (AvgIpc) is 2.55. The predicted octanol–water partition coefficient (Wildman–Crippen LogP) is 4.70. The molecule has 24 heavy (non-hydrogen) atoms. The fourth-order valence-electron chi connectivity index (χ4n) is 2.03. The van der Waals surface area contributed by atoms with E-state index in [-0.39, 0.29) is 5.56 Å². The number of hydrogen-bond acceptors (Lipinski definition) is 4. The molecule has 0 bridgehead atoms. The molecule has 7 heteroatoms. The molecule has 0 spiro atoms. The first-order valence-electron chi connectivity index (χ1n) is 7.40. The van der Waals surface area contributed by atoms with Crippen LogP contribution >= 0.6 is 10.7 Å². The number of rotatable bonds is 5. The number of halogens is 2. The van der Waals surface area contributed by atoms with Gasteiger partial charge in [-0.1, -0.05) is 38.1 Å². The maximum Gasteiger partial charge on any atom is 0.264 e. The smallest absolute Gasteiger partial charge is 0.264 e. The lowest BCUT2D eigenvalue weighted by Crippen LogP contribution is -2.06. The first-order chi connectivity index (χ1) is 11.3. The molecular formula is C17H20ClFN2O2S. The van der Waals surface area contributed by atoms with Gasteiger partial charge in [-0.2, -0.15) is 0 Å². The minimum atomic E-state index is -4.19. The van der Waals surface area contributed by atoms with Crippen LogP contribution in [-0.4, -0.2) is 14.6 Å². The number of benzene rings is 2. The molecule has 0 aromatic heterocycles. The van der Waals surface area contributed by atoms with Crippen LogP contribution in [0, 0.1) is 18.2 Å². The first-order valence-corrected chi connectivity index (χ1v) is 9.71. The van der Waals surface area contributed by atoms with E-state index in [1.165, 1.54) is 0 Å². The largest absolute Gasteiger partial charge is 0.380 e. The van der Waals surface area contributed by atoms with Crippen LogP contribution in [0.2, 0.25) is 0 Å². The van der Waals surface area contributed by atoms with Crippen molar-refractivity contribution in [2.45, 2.75) is 32.2 Å². The second-order valence-electron chi connectivity index (χ2n) is 4.73. The summed E-state index contributed by atoms with van der Waals surface area (Å²) in [5.41, 5.74) is 2.67. The van der Waals surface area contributed by atoms with Gasteiger partial charge in [0, 0.05) is 34.7 Å². The van der Waals surface area contributed by atoms with E-state index in [0.717, 1.165) is 29.5 Å². The molecule has 0 aliphatic heterocycles. The van der Waals surface area contributed by atoms with E-state index in [2.05, 4.69) is 5.32 Å². The maximum atomic E-state index is 13.9. The first kappa shape index (κ1) is 20.1. The summed E-state index contributed by atoms with van der Waals surface area (Å²) in [6.45, 7) is 6.39. The third-order valence-electron chi connectivity index (χ3n) is 3.25. The Balaban J connectivity index is 0.00000139. The van der Waals surface area contributed by atoms with Gasteiger partial charge in [0.2, 0.25) is 0 Å². The van der Waals surface area contributed by atoms with Crippen molar-refractivity contribution in [1.29, 1.82) is 5.41 Å². The van der Waals surface area contributed by atoms with Gasteiger partial charge >= 0.3 is 0 Å². The van der Waals surface area contributed by atoms with Gasteiger partial charge in [0.15, 0.2) is 0 Å². The lowest BCUT2D eigenvalue weighted by molar-refractivity contribution is 0.576. The lowest BCUT2D eigenvalue weighted by Gasteiger charge is -2.12. The van der Waals surface area contributed by atoms with E-state index in [9.17, 15) is 12.8 Å². The predicted molar refractivity (Wildman–Crippen MR) is 97.2 cm³/mol. The Labute approximate surface area is 146 Å². The van der Waals surface area contributed by atoms with E-state index in [1.807, 2.05) is 45.0 Å². The van der Waals surface area contributed by atoms with Crippen LogP contribution in [0.1, 0.15) is 30.5 Å². The van der Waals surface area contributed by atoms with E-state index in [0.29, 0.717) is 12.2 Å². The summed E-state index contributed by atoms with van der Waals surface area (Å²) in [5.74, 6) is -0.951. The van der Waals surface area contributed by atoms with Gasteiger partial charge in [0.25, 0.3) is 9.05 Å². The van der Waals surface area contributed by atoms with Crippen LogP contribution in [0.4, 0.5) is 10.1 Å². The van der Waals surface area contributed by atoms with Crippen LogP contribution < -0.4 is 5.32 Å². The van der Waals surface area contributed by atoms with Gasteiger partial charge in [0.1, 0.15) is 10.7 Å². The van der Waals surface area contributed by atoms with Crippen molar-refractivity contribution < 1.29 is 12.8 Å². The molecule has 0 aliphatic carbocycles. The summed E-state index contributed by atoms with van der Waals surface area (Å²) in [6, 6.07) is 9.78. The van der Waals surface area contributed by atoms with Gasteiger partial charge in [-0.3, -0.25) is 0 Å². The summed E-state index contributed by atoms with van der Waals surface area (Å²) < 4.78 is 36.5. The second kappa shape index (κ2) is 8.80. The highest BCUT2D eigenvalue weighted by atomic mass is 35.7. The lowest BCUT2D eigenvalue weighted by atomic mass is 10.1. The van der Waals surface area contributed by atoms with Crippen LogP contribution in [-0.2, 0) is 15.6 Å². The van der Waals surface area contributed by atoms with E-state index in [4.69, 9.17) is 16.1 Å². The van der Waals surface area contributed by atoms with Crippen molar-refractivity contribution in [1.82, 2.24) is 0 Å². The zero-order valence-electron chi connectivity index (χ0n) is 13.7.